The quantitative estimate of drug-likeness (QED) is 0.245. The maximum atomic E-state index is 12.7. The summed E-state index contributed by atoms with van der Waals surface area (Å²) in [6.07, 6.45) is 1.23. The van der Waals surface area contributed by atoms with Gasteiger partial charge in [-0.1, -0.05) is 20.3 Å². The van der Waals surface area contributed by atoms with Crippen molar-refractivity contribution >= 4 is 29.7 Å². The van der Waals surface area contributed by atoms with Gasteiger partial charge in [0.05, 0.1) is 12.5 Å². The molecule has 6 N–H and O–H groups in total. The molecule has 1 rings (SSSR count). The molecule has 1 aliphatic rings. The van der Waals surface area contributed by atoms with Gasteiger partial charge in [-0.3, -0.25) is 24.0 Å². The maximum Gasteiger partial charge on any atom is 0.325 e. The number of carbonyl (C=O) groups excluding carboxylic acids is 3. The predicted octanol–water partition coefficient (Wildman–Crippen LogP) is -1.18. The van der Waals surface area contributed by atoms with E-state index in [0.29, 0.717) is 19.4 Å². The minimum atomic E-state index is -1.36. The van der Waals surface area contributed by atoms with Gasteiger partial charge in [0.1, 0.15) is 18.1 Å². The van der Waals surface area contributed by atoms with E-state index in [4.69, 9.17) is 10.2 Å². The molecular weight excluding hydrogens is 384 g/mol. The molecule has 0 aromatic carbocycles. The number of rotatable bonds is 11. The summed E-state index contributed by atoms with van der Waals surface area (Å²) in [4.78, 5) is 59.6. The van der Waals surface area contributed by atoms with Crippen molar-refractivity contribution in [3.05, 3.63) is 0 Å². The zero-order valence-corrected chi connectivity index (χ0v) is 16.9. The number of hydrogen-bond acceptors (Lipinski definition) is 6. The smallest absolute Gasteiger partial charge is 0.325 e. The van der Waals surface area contributed by atoms with E-state index in [-0.39, 0.29) is 5.92 Å². The molecule has 11 nitrogen and oxygen atoms in total. The topological polar surface area (TPSA) is 174 Å². The van der Waals surface area contributed by atoms with Crippen LogP contribution in [0.2, 0.25) is 0 Å². The second kappa shape index (κ2) is 11.3. The molecule has 0 aromatic heterocycles. The third kappa shape index (κ3) is 7.68. The highest BCUT2D eigenvalue weighted by Crippen LogP contribution is 2.10. The van der Waals surface area contributed by atoms with Crippen LogP contribution in [0, 0.1) is 5.92 Å². The fraction of sp³-hybridized carbons (Fsp3) is 0.722. The van der Waals surface area contributed by atoms with E-state index in [0.717, 1.165) is 6.42 Å². The highest BCUT2D eigenvalue weighted by Gasteiger charge is 2.33. The summed E-state index contributed by atoms with van der Waals surface area (Å²) in [7, 11) is 0. The van der Waals surface area contributed by atoms with Crippen LogP contribution in [0.4, 0.5) is 0 Å². The first-order chi connectivity index (χ1) is 13.6. The van der Waals surface area contributed by atoms with Crippen LogP contribution in [0.5, 0.6) is 0 Å². The third-order valence-corrected chi connectivity index (χ3v) is 4.91. The van der Waals surface area contributed by atoms with Crippen molar-refractivity contribution in [2.45, 2.75) is 70.6 Å². The Morgan fingerprint density at radius 2 is 1.69 bits per heavy atom. The van der Waals surface area contributed by atoms with E-state index in [1.54, 1.807) is 13.8 Å². The minimum absolute atomic E-state index is 0.349. The Bertz CT molecular complexity index is 634. The van der Waals surface area contributed by atoms with Crippen LogP contribution >= 0.6 is 0 Å². The van der Waals surface area contributed by atoms with Gasteiger partial charge < -0.3 is 31.5 Å². The van der Waals surface area contributed by atoms with Gasteiger partial charge in [-0.2, -0.15) is 0 Å². The molecule has 5 unspecified atom stereocenters. The lowest BCUT2D eigenvalue weighted by Crippen LogP contribution is -2.58. The van der Waals surface area contributed by atoms with Gasteiger partial charge in [-0.25, -0.2) is 0 Å². The summed E-state index contributed by atoms with van der Waals surface area (Å²) >= 11 is 0. The molecule has 0 bridgehead atoms. The van der Waals surface area contributed by atoms with E-state index >= 15 is 0 Å². The van der Waals surface area contributed by atoms with E-state index < -0.39 is 60.2 Å². The van der Waals surface area contributed by atoms with E-state index in [2.05, 4.69) is 21.3 Å². The van der Waals surface area contributed by atoms with Gasteiger partial charge >= 0.3 is 11.9 Å². The van der Waals surface area contributed by atoms with Crippen LogP contribution in [0.1, 0.15) is 46.5 Å². The van der Waals surface area contributed by atoms with E-state index in [9.17, 15) is 24.0 Å². The number of aliphatic carboxylic acids is 2. The van der Waals surface area contributed by atoms with Crippen LogP contribution < -0.4 is 21.3 Å². The zero-order chi connectivity index (χ0) is 22.1. The molecule has 1 saturated heterocycles. The standard InChI is InChI=1S/C18H30N4O7/c1-4-9(2)14(17(27)20-10(3)18(28)29)22-16(26)12(8-13(23)24)21-15(25)11-6-5-7-19-11/h9-12,14,19H,4-8H2,1-3H3,(H,20,27)(H,21,25)(H,22,26)(H,23,24)(H,28,29). The van der Waals surface area contributed by atoms with Gasteiger partial charge in [0.25, 0.3) is 0 Å². The van der Waals surface area contributed by atoms with E-state index in [1.807, 2.05) is 0 Å². The summed E-state index contributed by atoms with van der Waals surface area (Å²) in [5, 5.41) is 28.2. The number of nitrogens with one attached hydrogen (secondary N) is 4. The predicted molar refractivity (Wildman–Crippen MR) is 102 cm³/mol. The van der Waals surface area contributed by atoms with Gasteiger partial charge in [0, 0.05) is 0 Å². The van der Waals surface area contributed by atoms with Crippen molar-refractivity contribution < 1.29 is 34.2 Å². The summed E-state index contributed by atoms with van der Waals surface area (Å²) in [5.74, 6) is -4.85. The molecule has 1 heterocycles. The zero-order valence-electron chi connectivity index (χ0n) is 16.9. The molecule has 1 fully saturated rings. The Kier molecular flexibility index (Phi) is 9.53. The van der Waals surface area contributed by atoms with Crippen molar-refractivity contribution in [1.82, 2.24) is 21.3 Å². The number of hydrogen-bond donors (Lipinski definition) is 6. The summed E-state index contributed by atoms with van der Waals surface area (Å²) in [6.45, 7) is 5.44. The lowest BCUT2D eigenvalue weighted by molar-refractivity contribution is -0.143. The first-order valence-corrected chi connectivity index (χ1v) is 9.65. The molecule has 0 radical (unpaired) electrons. The van der Waals surface area contributed by atoms with Gasteiger partial charge in [-0.05, 0) is 32.2 Å². The van der Waals surface area contributed by atoms with Crippen molar-refractivity contribution in [3.8, 4) is 0 Å². The number of amides is 3. The molecule has 0 spiro atoms. The molecule has 0 aromatic rings. The molecule has 0 saturated carbocycles. The molecule has 29 heavy (non-hydrogen) atoms. The number of carboxylic acid groups (broad SMARTS) is 2. The van der Waals surface area contributed by atoms with Crippen LogP contribution in [0.3, 0.4) is 0 Å². The highest BCUT2D eigenvalue weighted by molar-refractivity contribution is 5.95. The first-order valence-electron chi connectivity index (χ1n) is 9.65. The lowest BCUT2D eigenvalue weighted by Gasteiger charge is -2.27. The average molecular weight is 414 g/mol. The van der Waals surface area contributed by atoms with Crippen LogP contribution in [-0.2, 0) is 24.0 Å². The molecule has 164 valence electrons. The number of carboxylic acids is 2. The second-order valence-corrected chi connectivity index (χ2v) is 7.25. The highest BCUT2D eigenvalue weighted by atomic mass is 16.4. The first kappa shape index (κ1) is 24.3. The molecule has 11 heteroatoms. The molecule has 0 aliphatic carbocycles. The largest absolute Gasteiger partial charge is 0.481 e. The third-order valence-electron chi connectivity index (χ3n) is 4.91. The summed E-state index contributed by atoms with van der Waals surface area (Å²) < 4.78 is 0. The van der Waals surface area contributed by atoms with Crippen molar-refractivity contribution in [3.63, 3.8) is 0 Å². The molecule has 3 amide bonds. The maximum absolute atomic E-state index is 12.7. The molecule has 5 atom stereocenters. The van der Waals surface area contributed by atoms with Crippen molar-refractivity contribution in [2.75, 3.05) is 6.54 Å². The Morgan fingerprint density at radius 3 is 2.17 bits per heavy atom. The average Bonchev–Trinajstić information content (AvgIpc) is 3.18. The SMILES string of the molecule is CCC(C)C(NC(=O)C(CC(=O)O)NC(=O)C1CCCN1)C(=O)NC(C)C(=O)O. The molecular formula is C18H30N4O7. The summed E-state index contributed by atoms with van der Waals surface area (Å²) in [6, 6.07) is -4.09. The second-order valence-electron chi connectivity index (χ2n) is 7.25. The monoisotopic (exact) mass is 414 g/mol. The van der Waals surface area contributed by atoms with Crippen LogP contribution in [-0.4, -0.2) is 70.6 Å². The summed E-state index contributed by atoms with van der Waals surface area (Å²) in [5.41, 5.74) is 0. The normalized spacial score (nSPS) is 20.0. The van der Waals surface area contributed by atoms with Gasteiger partial charge in [0.15, 0.2) is 0 Å². The van der Waals surface area contributed by atoms with Crippen LogP contribution in [0.25, 0.3) is 0 Å². The van der Waals surface area contributed by atoms with Gasteiger partial charge in [-0.15, -0.1) is 0 Å². The fourth-order valence-electron chi connectivity index (χ4n) is 2.89. The fourth-order valence-corrected chi connectivity index (χ4v) is 2.89. The van der Waals surface area contributed by atoms with Crippen LogP contribution in [0.15, 0.2) is 0 Å². The Balaban J connectivity index is 2.89. The van der Waals surface area contributed by atoms with E-state index in [1.165, 1.54) is 6.92 Å². The Hall–Kier alpha value is -2.69. The Morgan fingerprint density at radius 1 is 1.03 bits per heavy atom. The minimum Gasteiger partial charge on any atom is -0.481 e. The lowest BCUT2D eigenvalue weighted by atomic mass is 9.97. The number of carbonyl (C=O) groups is 5. The van der Waals surface area contributed by atoms with Crippen molar-refractivity contribution in [1.29, 1.82) is 0 Å². The van der Waals surface area contributed by atoms with Gasteiger partial charge in [0.2, 0.25) is 17.7 Å². The van der Waals surface area contributed by atoms with Crippen molar-refractivity contribution in [2.24, 2.45) is 5.92 Å². The molecule has 1 aliphatic heterocycles. The Labute approximate surface area is 169 Å².